The average Bonchev–Trinajstić information content (AvgIpc) is 2.62. The second-order valence-electron chi connectivity index (χ2n) is 6.20. The molecule has 2 aromatic rings. The van der Waals surface area contributed by atoms with Crippen LogP contribution in [-0.4, -0.2) is 42.7 Å². The van der Waals surface area contributed by atoms with Crippen molar-refractivity contribution in [2.24, 2.45) is 0 Å². The quantitative estimate of drug-likeness (QED) is 0.640. The highest BCUT2D eigenvalue weighted by Crippen LogP contribution is 2.30. The summed E-state index contributed by atoms with van der Waals surface area (Å²) in [5.74, 6) is -0.0112. The van der Waals surface area contributed by atoms with Crippen LogP contribution >= 0.6 is 11.6 Å². The molecule has 0 saturated carbocycles. The molecule has 0 unspecified atom stereocenters. The molecule has 0 bridgehead atoms. The summed E-state index contributed by atoms with van der Waals surface area (Å²) in [4.78, 5) is 18.1. The molecule has 0 aliphatic rings. The Balaban J connectivity index is 2.15. The minimum atomic E-state index is -2.98. The lowest BCUT2D eigenvalue weighted by Gasteiger charge is -2.19. The molecule has 6 nitrogen and oxygen atoms in total. The van der Waals surface area contributed by atoms with Gasteiger partial charge in [-0.05, 0) is 37.6 Å². The number of halogens is 3. The standard InChI is InChI=1S/C19H21ClF2N2O4/c1-11(2)27-17-14(20)8-13(9-23-17)18(25)24(3)10-12-5-6-15(26-4)16(7-12)28-19(21)22/h5-9,11,19H,10H2,1-4H3. The molecule has 0 atom stereocenters. The molecule has 152 valence electrons. The number of carbonyl (C=O) groups excluding carboxylic acids is 1. The molecule has 1 aromatic heterocycles. The first-order valence-corrected chi connectivity index (χ1v) is 8.78. The zero-order valence-electron chi connectivity index (χ0n) is 15.9. The largest absolute Gasteiger partial charge is 0.493 e. The fourth-order valence-corrected chi connectivity index (χ4v) is 2.64. The van der Waals surface area contributed by atoms with E-state index >= 15 is 0 Å². The molecule has 0 spiro atoms. The molecule has 2 rings (SSSR count). The number of alkyl halides is 2. The maximum absolute atomic E-state index is 12.6. The summed E-state index contributed by atoms with van der Waals surface area (Å²) < 4.78 is 40.0. The van der Waals surface area contributed by atoms with Gasteiger partial charge in [-0.1, -0.05) is 17.7 Å². The normalized spacial score (nSPS) is 10.9. The van der Waals surface area contributed by atoms with Gasteiger partial charge < -0.3 is 19.1 Å². The smallest absolute Gasteiger partial charge is 0.387 e. The van der Waals surface area contributed by atoms with Gasteiger partial charge in [0.2, 0.25) is 5.88 Å². The minimum absolute atomic E-state index is 0.101. The molecule has 0 aliphatic carbocycles. The lowest BCUT2D eigenvalue weighted by molar-refractivity contribution is -0.0512. The predicted molar refractivity (Wildman–Crippen MR) is 100 cm³/mol. The summed E-state index contributed by atoms with van der Waals surface area (Å²) in [6.07, 6.45) is 1.27. The highest BCUT2D eigenvalue weighted by atomic mass is 35.5. The average molecular weight is 415 g/mol. The summed E-state index contributed by atoms with van der Waals surface area (Å²) in [5, 5.41) is 0.227. The van der Waals surface area contributed by atoms with Gasteiger partial charge in [-0.15, -0.1) is 0 Å². The highest BCUT2D eigenvalue weighted by molar-refractivity contribution is 6.32. The van der Waals surface area contributed by atoms with Crippen molar-refractivity contribution >= 4 is 17.5 Å². The second-order valence-corrected chi connectivity index (χ2v) is 6.61. The topological polar surface area (TPSA) is 60.9 Å². The molecule has 1 heterocycles. The van der Waals surface area contributed by atoms with Crippen LogP contribution in [0.1, 0.15) is 29.8 Å². The minimum Gasteiger partial charge on any atom is -0.493 e. The number of carbonyl (C=O) groups is 1. The Morgan fingerprint density at radius 1 is 1.21 bits per heavy atom. The number of benzene rings is 1. The first kappa shape index (κ1) is 21.7. The molecular formula is C19H21ClF2N2O4. The van der Waals surface area contributed by atoms with Crippen molar-refractivity contribution < 1.29 is 27.8 Å². The number of rotatable bonds is 8. The number of aromatic nitrogens is 1. The van der Waals surface area contributed by atoms with E-state index in [0.717, 1.165) is 0 Å². The lowest BCUT2D eigenvalue weighted by Crippen LogP contribution is -2.26. The molecule has 9 heteroatoms. The Morgan fingerprint density at radius 3 is 2.50 bits per heavy atom. The first-order valence-electron chi connectivity index (χ1n) is 8.40. The molecule has 0 aliphatic heterocycles. The van der Waals surface area contributed by atoms with Gasteiger partial charge in [0, 0.05) is 19.8 Å². The Labute approximate surface area is 167 Å². The van der Waals surface area contributed by atoms with Crippen LogP contribution in [0.5, 0.6) is 17.4 Å². The van der Waals surface area contributed by atoms with Crippen LogP contribution in [0, 0.1) is 0 Å². The number of hydrogen-bond donors (Lipinski definition) is 0. The molecule has 1 aromatic carbocycles. The van der Waals surface area contributed by atoms with E-state index in [1.165, 1.54) is 36.4 Å². The van der Waals surface area contributed by atoms with Crippen molar-refractivity contribution in [3.63, 3.8) is 0 Å². The summed E-state index contributed by atoms with van der Waals surface area (Å²) >= 11 is 6.13. The number of pyridine rings is 1. The monoisotopic (exact) mass is 414 g/mol. The molecule has 0 radical (unpaired) electrons. The van der Waals surface area contributed by atoms with Gasteiger partial charge in [-0.2, -0.15) is 8.78 Å². The van der Waals surface area contributed by atoms with Crippen molar-refractivity contribution in [1.29, 1.82) is 0 Å². The second kappa shape index (κ2) is 9.54. The maximum Gasteiger partial charge on any atom is 0.387 e. The van der Waals surface area contributed by atoms with E-state index in [2.05, 4.69) is 9.72 Å². The fraction of sp³-hybridized carbons (Fsp3) is 0.368. The van der Waals surface area contributed by atoms with Crippen LogP contribution in [0.25, 0.3) is 0 Å². The number of hydrogen-bond acceptors (Lipinski definition) is 5. The Bertz CT molecular complexity index is 834. The van der Waals surface area contributed by atoms with Crippen molar-refractivity contribution in [1.82, 2.24) is 9.88 Å². The number of amides is 1. The van der Waals surface area contributed by atoms with E-state index in [1.807, 2.05) is 13.8 Å². The molecule has 1 amide bonds. The van der Waals surface area contributed by atoms with Gasteiger partial charge >= 0.3 is 6.61 Å². The zero-order valence-corrected chi connectivity index (χ0v) is 16.7. The third-order valence-corrected chi connectivity index (χ3v) is 3.88. The van der Waals surface area contributed by atoms with Crippen LogP contribution in [-0.2, 0) is 6.54 Å². The number of methoxy groups -OCH3 is 1. The lowest BCUT2D eigenvalue weighted by atomic mass is 10.1. The van der Waals surface area contributed by atoms with E-state index in [9.17, 15) is 13.6 Å². The van der Waals surface area contributed by atoms with E-state index in [0.29, 0.717) is 5.56 Å². The van der Waals surface area contributed by atoms with Crippen molar-refractivity contribution in [3.05, 3.63) is 46.6 Å². The van der Waals surface area contributed by atoms with Crippen LogP contribution in [0.2, 0.25) is 5.02 Å². The van der Waals surface area contributed by atoms with Crippen LogP contribution in [0.15, 0.2) is 30.5 Å². The van der Waals surface area contributed by atoms with Crippen LogP contribution in [0.3, 0.4) is 0 Å². The maximum atomic E-state index is 12.6. The summed E-state index contributed by atoms with van der Waals surface area (Å²) in [6, 6.07) is 6.04. The Hall–Kier alpha value is -2.61. The third kappa shape index (κ3) is 5.69. The Kier molecular flexibility index (Phi) is 7.39. The molecule has 0 N–H and O–H groups in total. The van der Waals surface area contributed by atoms with Crippen LogP contribution in [0.4, 0.5) is 8.78 Å². The van der Waals surface area contributed by atoms with Crippen molar-refractivity contribution in [3.8, 4) is 17.4 Å². The van der Waals surface area contributed by atoms with Gasteiger partial charge in [0.1, 0.15) is 5.02 Å². The van der Waals surface area contributed by atoms with E-state index < -0.39 is 6.61 Å². The molecule has 0 saturated heterocycles. The third-order valence-electron chi connectivity index (χ3n) is 3.61. The van der Waals surface area contributed by atoms with Gasteiger partial charge in [0.05, 0.1) is 18.8 Å². The summed E-state index contributed by atoms with van der Waals surface area (Å²) in [6.45, 7) is 0.852. The summed E-state index contributed by atoms with van der Waals surface area (Å²) in [7, 11) is 2.93. The fourth-order valence-electron chi connectivity index (χ4n) is 2.43. The first-order chi connectivity index (χ1) is 13.2. The molecule has 0 fully saturated rings. The van der Waals surface area contributed by atoms with Crippen LogP contribution < -0.4 is 14.2 Å². The predicted octanol–water partition coefficient (Wildman–Crippen LogP) is 4.40. The zero-order chi connectivity index (χ0) is 20.8. The number of nitrogens with zero attached hydrogens (tertiary/aromatic N) is 2. The number of ether oxygens (including phenoxy) is 3. The Morgan fingerprint density at radius 2 is 1.93 bits per heavy atom. The van der Waals surface area contributed by atoms with Crippen molar-refractivity contribution in [2.75, 3.05) is 14.2 Å². The van der Waals surface area contributed by atoms with E-state index in [-0.39, 0.29) is 46.5 Å². The van der Waals surface area contributed by atoms with E-state index in [4.69, 9.17) is 21.1 Å². The van der Waals surface area contributed by atoms with Gasteiger partial charge in [0.15, 0.2) is 11.5 Å². The van der Waals surface area contributed by atoms with Gasteiger partial charge in [0.25, 0.3) is 5.91 Å². The van der Waals surface area contributed by atoms with Crippen molar-refractivity contribution in [2.45, 2.75) is 33.1 Å². The summed E-state index contributed by atoms with van der Waals surface area (Å²) in [5.41, 5.74) is 0.868. The van der Waals surface area contributed by atoms with Gasteiger partial charge in [-0.3, -0.25) is 4.79 Å². The molecule has 28 heavy (non-hydrogen) atoms. The van der Waals surface area contributed by atoms with Gasteiger partial charge in [-0.25, -0.2) is 4.98 Å². The highest BCUT2D eigenvalue weighted by Gasteiger charge is 2.17. The molecular weight excluding hydrogens is 394 g/mol. The SMILES string of the molecule is COc1ccc(CN(C)C(=O)c2cnc(OC(C)C)c(Cl)c2)cc1OC(F)F. The van der Waals surface area contributed by atoms with E-state index in [1.54, 1.807) is 13.1 Å².